The Hall–Kier alpha value is -3.29. The van der Waals surface area contributed by atoms with Gasteiger partial charge in [-0.25, -0.2) is 4.68 Å². The number of aryl methyl sites for hydroxylation is 1. The first-order valence-electron chi connectivity index (χ1n) is 11.2. The molecule has 1 aliphatic heterocycles. The number of nitrogens with zero attached hydrogens (tertiary/aromatic N) is 3. The second-order valence-corrected chi connectivity index (χ2v) is 8.57. The van der Waals surface area contributed by atoms with Gasteiger partial charge < -0.3 is 9.84 Å². The van der Waals surface area contributed by atoms with Crippen molar-refractivity contribution in [1.82, 2.24) is 14.7 Å². The Bertz CT molecular complexity index is 1160. The fourth-order valence-electron chi connectivity index (χ4n) is 4.15. The summed E-state index contributed by atoms with van der Waals surface area (Å²) in [7, 11) is 0. The summed E-state index contributed by atoms with van der Waals surface area (Å²) in [6.45, 7) is 4.51. The smallest absolute Gasteiger partial charge is 0.270 e. The first-order valence-corrected chi connectivity index (χ1v) is 11.2. The molecule has 1 unspecified atom stereocenters. The van der Waals surface area contributed by atoms with E-state index in [9.17, 15) is 14.7 Å². The molecule has 7 nitrogen and oxygen atoms in total. The molecule has 4 rings (SSSR count). The summed E-state index contributed by atoms with van der Waals surface area (Å²) in [5, 5.41) is 14.0. The van der Waals surface area contributed by atoms with E-state index in [1.165, 1.54) is 12.3 Å². The van der Waals surface area contributed by atoms with Gasteiger partial charge in [-0.05, 0) is 43.0 Å². The third-order valence-electron chi connectivity index (χ3n) is 5.86. The second kappa shape index (κ2) is 10.6. The summed E-state index contributed by atoms with van der Waals surface area (Å²) in [5.41, 5.74) is 3.16. The van der Waals surface area contributed by atoms with Crippen molar-refractivity contribution >= 4 is 5.78 Å². The first kappa shape index (κ1) is 22.9. The highest BCUT2D eigenvalue weighted by molar-refractivity contribution is 5.97. The number of piperidine rings is 1. The number of ether oxygens (including phenoxy) is 1. The van der Waals surface area contributed by atoms with Crippen LogP contribution in [0.15, 0.2) is 65.6 Å². The van der Waals surface area contributed by atoms with Crippen LogP contribution >= 0.6 is 0 Å². The zero-order chi connectivity index (χ0) is 23.2. The van der Waals surface area contributed by atoms with E-state index in [4.69, 9.17) is 4.74 Å². The lowest BCUT2D eigenvalue weighted by molar-refractivity contribution is 0.0668. The number of aliphatic hydroxyl groups excluding tert-OH is 1. The molecule has 1 fully saturated rings. The van der Waals surface area contributed by atoms with E-state index in [1.807, 2.05) is 55.5 Å². The van der Waals surface area contributed by atoms with Crippen LogP contribution in [0.25, 0.3) is 0 Å². The van der Waals surface area contributed by atoms with Crippen molar-refractivity contribution in [2.24, 2.45) is 0 Å². The first-order chi connectivity index (χ1) is 16.0. The summed E-state index contributed by atoms with van der Waals surface area (Å²) < 4.78 is 6.79. The molecular weight excluding hydrogens is 418 g/mol. The number of aliphatic hydroxyl groups is 1. The topological polar surface area (TPSA) is 84.7 Å². The molecular formula is C26H29N3O4. The maximum absolute atomic E-state index is 12.9. The number of rotatable bonds is 8. The maximum Gasteiger partial charge on any atom is 0.270 e. The van der Waals surface area contributed by atoms with E-state index < -0.39 is 0 Å². The molecule has 7 heteroatoms. The molecule has 1 aromatic heterocycles. The molecule has 0 radical (unpaired) electrons. The molecule has 0 spiro atoms. The Morgan fingerprint density at radius 3 is 2.70 bits per heavy atom. The molecule has 33 heavy (non-hydrogen) atoms. The molecule has 2 aromatic carbocycles. The highest BCUT2D eigenvalue weighted by atomic mass is 16.5. The third kappa shape index (κ3) is 6.15. The van der Waals surface area contributed by atoms with Crippen molar-refractivity contribution in [3.8, 4) is 5.75 Å². The SMILES string of the molecule is Cc1cc(CN2CCCC(O)C2)ccc1C(=O)Cn1ncc(OCc2ccccc2)cc1=O. The lowest BCUT2D eigenvalue weighted by Crippen LogP contribution is -2.37. The number of β-amino-alcohol motifs (C(OH)–C–C–N with tert-alkyl or cyclic N) is 1. The predicted molar refractivity (Wildman–Crippen MR) is 125 cm³/mol. The van der Waals surface area contributed by atoms with Gasteiger partial charge in [0.25, 0.3) is 5.56 Å². The molecule has 1 saturated heterocycles. The van der Waals surface area contributed by atoms with E-state index in [0.29, 0.717) is 24.5 Å². The average molecular weight is 448 g/mol. The number of carbonyl (C=O) groups excluding carboxylic acids is 1. The van der Waals surface area contributed by atoms with Crippen LogP contribution in [0.2, 0.25) is 0 Å². The van der Waals surface area contributed by atoms with Crippen molar-refractivity contribution in [3.05, 3.63) is 93.4 Å². The Balaban J connectivity index is 1.37. The van der Waals surface area contributed by atoms with Crippen molar-refractivity contribution in [3.63, 3.8) is 0 Å². The van der Waals surface area contributed by atoms with Gasteiger partial charge in [0.1, 0.15) is 18.9 Å². The van der Waals surface area contributed by atoms with Gasteiger partial charge in [0.05, 0.1) is 12.3 Å². The Morgan fingerprint density at radius 1 is 1.15 bits per heavy atom. The van der Waals surface area contributed by atoms with Crippen LogP contribution < -0.4 is 10.3 Å². The number of carbonyl (C=O) groups is 1. The van der Waals surface area contributed by atoms with E-state index in [-0.39, 0.29) is 24.0 Å². The molecule has 1 N–H and O–H groups in total. The zero-order valence-corrected chi connectivity index (χ0v) is 18.8. The van der Waals surface area contributed by atoms with E-state index in [2.05, 4.69) is 10.00 Å². The summed E-state index contributed by atoms with van der Waals surface area (Å²) in [5.74, 6) is 0.205. The van der Waals surface area contributed by atoms with Gasteiger partial charge in [-0.1, -0.05) is 48.5 Å². The average Bonchev–Trinajstić information content (AvgIpc) is 2.80. The maximum atomic E-state index is 12.9. The summed E-state index contributed by atoms with van der Waals surface area (Å²) in [6.07, 6.45) is 3.05. The lowest BCUT2D eigenvalue weighted by Gasteiger charge is -2.30. The van der Waals surface area contributed by atoms with Crippen LogP contribution in [-0.2, 0) is 19.7 Å². The van der Waals surface area contributed by atoms with Crippen LogP contribution in [0.1, 0.15) is 39.9 Å². The minimum atomic E-state index is -0.383. The zero-order valence-electron chi connectivity index (χ0n) is 18.8. The standard InChI is InChI=1S/C26H29N3O4/c1-19-12-21(15-28-11-5-8-22(30)16-28)9-10-24(19)25(31)17-29-26(32)13-23(14-27-29)33-18-20-6-3-2-4-7-20/h2-4,6-7,9-10,12-14,22,30H,5,8,11,15-18H2,1H3. The summed E-state index contributed by atoms with van der Waals surface area (Å²) in [4.78, 5) is 27.5. The van der Waals surface area contributed by atoms with E-state index in [0.717, 1.165) is 47.3 Å². The van der Waals surface area contributed by atoms with Crippen LogP contribution in [0.4, 0.5) is 0 Å². The third-order valence-corrected chi connectivity index (χ3v) is 5.86. The van der Waals surface area contributed by atoms with Crippen LogP contribution in [0.3, 0.4) is 0 Å². The van der Waals surface area contributed by atoms with Gasteiger partial charge in [0.2, 0.25) is 0 Å². The highest BCUT2D eigenvalue weighted by Gasteiger charge is 2.18. The van der Waals surface area contributed by atoms with Gasteiger partial charge in [-0.15, -0.1) is 0 Å². The number of aromatic nitrogens is 2. The van der Waals surface area contributed by atoms with Crippen molar-refractivity contribution in [2.75, 3.05) is 13.1 Å². The molecule has 0 amide bonds. The number of hydrogen-bond donors (Lipinski definition) is 1. The van der Waals surface area contributed by atoms with Gasteiger partial charge in [-0.3, -0.25) is 14.5 Å². The van der Waals surface area contributed by atoms with Crippen molar-refractivity contribution < 1.29 is 14.6 Å². The predicted octanol–water partition coefficient (Wildman–Crippen LogP) is 2.97. The van der Waals surface area contributed by atoms with Crippen molar-refractivity contribution in [1.29, 1.82) is 0 Å². The van der Waals surface area contributed by atoms with Gasteiger partial charge in [-0.2, -0.15) is 5.10 Å². The summed E-state index contributed by atoms with van der Waals surface area (Å²) >= 11 is 0. The molecule has 172 valence electrons. The van der Waals surface area contributed by atoms with E-state index in [1.54, 1.807) is 0 Å². The number of hydrogen-bond acceptors (Lipinski definition) is 6. The van der Waals surface area contributed by atoms with E-state index >= 15 is 0 Å². The monoisotopic (exact) mass is 447 g/mol. The molecule has 0 aliphatic carbocycles. The second-order valence-electron chi connectivity index (χ2n) is 8.57. The largest absolute Gasteiger partial charge is 0.487 e. The molecule has 0 bridgehead atoms. The number of Topliss-reactive ketones (excluding diaryl/α,β-unsaturated/α-hetero) is 1. The molecule has 3 aromatic rings. The molecule has 0 saturated carbocycles. The molecule has 2 heterocycles. The van der Waals surface area contributed by atoms with Gasteiger partial charge >= 0.3 is 0 Å². The van der Waals surface area contributed by atoms with Gasteiger partial charge in [0, 0.05) is 24.7 Å². The lowest BCUT2D eigenvalue weighted by atomic mass is 10.0. The number of likely N-dealkylation sites (tertiary alicyclic amines) is 1. The van der Waals surface area contributed by atoms with Crippen LogP contribution in [-0.4, -0.2) is 44.8 Å². The Morgan fingerprint density at radius 2 is 1.97 bits per heavy atom. The highest BCUT2D eigenvalue weighted by Crippen LogP contribution is 2.17. The summed E-state index contributed by atoms with van der Waals surface area (Å²) in [6, 6.07) is 16.8. The number of ketones is 1. The fraction of sp³-hybridized carbons (Fsp3) is 0.346. The van der Waals surface area contributed by atoms with Gasteiger partial charge in [0.15, 0.2) is 5.78 Å². The Kier molecular flexibility index (Phi) is 7.32. The Labute approximate surface area is 193 Å². The molecule has 1 aliphatic rings. The number of benzene rings is 2. The van der Waals surface area contributed by atoms with Crippen LogP contribution in [0, 0.1) is 6.92 Å². The van der Waals surface area contributed by atoms with Crippen molar-refractivity contribution in [2.45, 2.75) is 45.6 Å². The normalized spacial score (nSPS) is 16.5. The molecule has 1 atom stereocenters. The minimum Gasteiger partial charge on any atom is -0.487 e. The fourth-order valence-corrected chi connectivity index (χ4v) is 4.15. The quantitative estimate of drug-likeness (QED) is 0.535. The minimum absolute atomic E-state index is 0.129. The van der Waals surface area contributed by atoms with Crippen LogP contribution in [0.5, 0.6) is 5.75 Å².